The van der Waals surface area contributed by atoms with E-state index < -0.39 is 94.4 Å². The summed E-state index contributed by atoms with van der Waals surface area (Å²) in [6.45, 7) is 8.71. The summed E-state index contributed by atoms with van der Waals surface area (Å²) in [6, 6.07) is 69.7. The van der Waals surface area contributed by atoms with Crippen molar-refractivity contribution >= 4 is 56.1 Å². The molecule has 34 heteroatoms. The van der Waals surface area contributed by atoms with Gasteiger partial charge < -0.3 is 35.0 Å². The van der Waals surface area contributed by atoms with Crippen LogP contribution in [0.25, 0.3) is 12.2 Å². The number of rotatable bonds is 27. The second kappa shape index (κ2) is 55.7. The number of ether oxygens (including phenoxy) is 3. The Hall–Kier alpha value is -13.0. The smallest absolute Gasteiger partial charge is 0.870 e. The number of hydrogen-bond acceptors (Lipinski definition) is 24. The van der Waals surface area contributed by atoms with Gasteiger partial charge in [0, 0.05) is 54.2 Å². The van der Waals surface area contributed by atoms with Crippen LogP contribution in [0.15, 0.2) is 296 Å². The number of esters is 3. The third-order valence-electron chi connectivity index (χ3n) is 16.2. The standard InChI is InChI=1S/C17H17FN2O3.C15H13FN2O3.2C13H13FN2.C13H14N2.C12H10FNO4S2.C6H10O4.Li.H2O/c1-2-23-17(22)16(21)10-13-9-15(20-11-19-13)14(18)8-12-6-4-3-5-7-12;16-12(6-10-4-2-1-3-5-10)13-7-11(17-9-18-13)8-14(19)15(20)21;1-10-7-13(16-9-15-10)12(14)8-11-5-3-2-4-6-11;14-9-13-8-12(15-10-16-13)7-6-11-4-2-1-3-5-11;1-11-9-13(15-10-14-11)8-7-12-5-3-2-4-6-12;13-14(19(15,16)11-7-3-1-4-8-11)20(17,18)12-9-5-2-6-10-12;1-3-9-5(7)6(8)10-4-2;;/h3-7,9-11,14,21H,2,8H2,1H3;1-5,7-9,12,19H,6H2,(H,20,21);2-7,9,12H,8H2,1H3;1-5,8,10H,6-7,9H2;2-6,9-10H,7-8H2,1H3;1-10H;3-4H2,1-2H3;;1H2/q;;;;;;;+1;/p-1/b16-10-;14-8-;;;;;;;. The molecule has 0 spiro atoms. The molecule has 0 aliphatic heterocycles. The number of aryl methyl sites for hydroxylation is 6. The number of alkyl halides is 4. The van der Waals surface area contributed by atoms with E-state index in [1.54, 1.807) is 39.2 Å². The molecule has 7 aromatic carbocycles. The van der Waals surface area contributed by atoms with Crippen LogP contribution in [-0.4, -0.2) is 135 Å². The summed E-state index contributed by atoms with van der Waals surface area (Å²) in [4.78, 5) is 81.5. The van der Waals surface area contributed by atoms with Gasteiger partial charge in [0.1, 0.15) is 56.8 Å². The van der Waals surface area contributed by atoms with Crippen molar-refractivity contribution in [2.24, 2.45) is 0 Å². The van der Waals surface area contributed by atoms with Crippen molar-refractivity contribution in [2.45, 2.75) is 115 Å². The van der Waals surface area contributed by atoms with E-state index in [9.17, 15) is 63.2 Å². The van der Waals surface area contributed by atoms with Crippen molar-refractivity contribution in [2.75, 3.05) is 19.8 Å². The van der Waals surface area contributed by atoms with Crippen LogP contribution >= 0.6 is 0 Å². The van der Waals surface area contributed by atoms with Crippen LogP contribution in [0, 0.1) is 13.8 Å². The van der Waals surface area contributed by atoms with Gasteiger partial charge >= 0.3 is 42.7 Å². The summed E-state index contributed by atoms with van der Waals surface area (Å²) < 4.78 is 129. The van der Waals surface area contributed by atoms with E-state index in [1.807, 2.05) is 135 Å². The number of aliphatic carboxylic acids is 1. The molecule has 26 nitrogen and oxygen atoms in total. The Kier molecular flexibility index (Phi) is 46.4. The molecule has 3 unspecified atom stereocenters. The minimum absolute atomic E-state index is 0. The van der Waals surface area contributed by atoms with E-state index in [-0.39, 0.29) is 79.8 Å². The van der Waals surface area contributed by atoms with Gasteiger partial charge in [-0.3, -0.25) is 0 Å². The molecule has 0 bridgehead atoms. The van der Waals surface area contributed by atoms with Crippen molar-refractivity contribution in [3.63, 3.8) is 0 Å². The van der Waals surface area contributed by atoms with Crippen LogP contribution in [0.3, 0.4) is 0 Å². The van der Waals surface area contributed by atoms with Crippen LogP contribution in [0.4, 0.5) is 22.0 Å². The third-order valence-corrected chi connectivity index (χ3v) is 19.9. The van der Waals surface area contributed by atoms with Crippen LogP contribution < -0.4 is 18.9 Å². The monoisotopic (exact) mass is 1720 g/mol. The number of aliphatic hydroxyl groups is 2. The maximum atomic E-state index is 14.4. The Balaban J connectivity index is 0.000000304. The van der Waals surface area contributed by atoms with Gasteiger partial charge in [-0.25, -0.2) is 103 Å². The van der Waals surface area contributed by atoms with Crippen LogP contribution in [0.1, 0.15) is 124 Å². The quantitative estimate of drug-likeness (QED) is 0.00629. The Labute approximate surface area is 722 Å². The first-order chi connectivity index (χ1) is 58.2. The molecular weight excluding hydrogens is 1630 g/mol. The van der Waals surface area contributed by atoms with E-state index in [2.05, 4.69) is 100 Å². The predicted octanol–water partition coefficient (Wildman–Crippen LogP) is 13.1. The molecule has 0 saturated heterocycles. The number of carboxylic acids is 1. The zero-order chi connectivity index (χ0) is 87.8. The predicted molar refractivity (Wildman–Crippen MR) is 445 cm³/mol. The fourth-order valence-corrected chi connectivity index (χ4v) is 13.2. The maximum Gasteiger partial charge on any atom is 1.00 e. The molecule has 5 heterocycles. The summed E-state index contributed by atoms with van der Waals surface area (Å²) in [5.41, 5.74) is 10.7. The van der Waals surface area contributed by atoms with E-state index >= 15 is 0 Å². The maximum absolute atomic E-state index is 14.4. The molecule has 12 rings (SSSR count). The second-order valence-electron chi connectivity index (χ2n) is 25.4. The average Bonchev–Trinajstić information content (AvgIpc) is 0.775. The van der Waals surface area contributed by atoms with Crippen molar-refractivity contribution in [3.05, 3.63) is 371 Å². The molecular formula is C89H91F5LiN11O15S2. The Morgan fingerprint density at radius 3 is 1.02 bits per heavy atom. The molecule has 3 atom stereocenters. The van der Waals surface area contributed by atoms with Gasteiger partial charge in [0.2, 0.25) is 11.5 Å². The van der Waals surface area contributed by atoms with Gasteiger partial charge in [-0.2, -0.15) is 0 Å². The second-order valence-corrected chi connectivity index (χ2v) is 29.1. The van der Waals surface area contributed by atoms with E-state index in [4.69, 9.17) is 10.2 Å². The van der Waals surface area contributed by atoms with Crippen molar-refractivity contribution in [1.29, 1.82) is 0 Å². The number of carboxylic acid groups (broad SMARTS) is 1. The first kappa shape index (κ1) is 102. The van der Waals surface area contributed by atoms with Crippen molar-refractivity contribution in [1.82, 2.24) is 53.8 Å². The molecule has 0 radical (unpaired) electrons. The number of nitrogens with zero attached hydrogens (tertiary/aromatic N) is 11. The molecule has 4 N–H and O–H groups in total. The molecule has 0 aliphatic rings. The first-order valence-corrected chi connectivity index (χ1v) is 40.4. The average molecular weight is 1720 g/mol. The normalized spacial score (nSPS) is 11.5. The number of aliphatic hydroxyl groups excluding tert-OH is 2. The number of halogens is 5. The number of carbonyl (C=O) groups is 4. The van der Waals surface area contributed by atoms with Crippen molar-refractivity contribution < 1.29 is 112 Å². The SMILES string of the molecule is CCOC(=O)/C(O)=C/c1cc(C(F)Cc2ccccc2)ncn1.CCOC(=O)C(=O)OCC.Cc1cc(C(F)Cc2ccccc2)ncn1.Cc1cc(CCc2ccccc2)ncn1.FCc1cc(CCc2ccccc2)ncn1.O=C(O)/C(O)=C/c1cc(C(F)Cc2ccccc2)ncn1.O=S(=O)(c1ccccc1)N(F)S(=O)(=O)c1ccccc1.[Li+].[OH-]. The molecule has 12 aromatic rings. The number of aromatic nitrogens is 10. The molecule has 5 aromatic heterocycles. The van der Waals surface area contributed by atoms with Gasteiger partial charge in [-0.05, 0) is 143 Å². The fraction of sp³-hybridized carbons (Fsp3) is 0.213. The van der Waals surface area contributed by atoms with Gasteiger partial charge in [-0.1, -0.05) is 188 Å². The van der Waals surface area contributed by atoms with Crippen LogP contribution in [0.5, 0.6) is 0 Å². The van der Waals surface area contributed by atoms with Gasteiger partial charge in [0.05, 0.1) is 67.7 Å². The third kappa shape index (κ3) is 37.7. The Bertz CT molecular complexity index is 5360. The van der Waals surface area contributed by atoms with Crippen LogP contribution in [-0.2, 0) is 105 Å². The first-order valence-electron chi connectivity index (χ1n) is 37.5. The molecule has 0 fully saturated rings. The van der Waals surface area contributed by atoms with Gasteiger partial charge in [0.25, 0.3) is 20.0 Å². The fourth-order valence-electron chi connectivity index (χ4n) is 10.3. The Morgan fingerprint density at radius 2 is 0.675 bits per heavy atom. The van der Waals surface area contributed by atoms with Crippen molar-refractivity contribution in [3.8, 4) is 0 Å². The minimum atomic E-state index is -4.77. The zero-order valence-corrected chi connectivity index (χ0v) is 69.7. The minimum Gasteiger partial charge on any atom is -0.870 e. The number of carbonyl (C=O) groups excluding carboxylic acids is 3. The summed E-state index contributed by atoms with van der Waals surface area (Å²) >= 11 is 0. The molecule has 0 amide bonds. The number of benzene rings is 7. The van der Waals surface area contributed by atoms with Crippen LogP contribution in [0.2, 0.25) is 0 Å². The van der Waals surface area contributed by atoms with E-state index in [0.717, 1.165) is 108 Å². The molecule has 0 saturated carbocycles. The molecule has 123 heavy (non-hydrogen) atoms. The van der Waals surface area contributed by atoms with Gasteiger partial charge in [-0.15, -0.1) is 4.48 Å². The summed E-state index contributed by atoms with van der Waals surface area (Å²) in [7, 11) is -9.53. The zero-order valence-electron chi connectivity index (χ0n) is 68.1. The summed E-state index contributed by atoms with van der Waals surface area (Å²) in [5, 5.41) is 27.3. The molecule has 640 valence electrons. The topological polar surface area (TPSA) is 387 Å². The Morgan fingerprint density at radius 1 is 0.382 bits per heavy atom. The molecule has 0 aliphatic carbocycles. The number of hydrogen-bond donors (Lipinski definition) is 3. The number of sulfonamides is 2. The largest absolute Gasteiger partial charge is 1.00 e. The van der Waals surface area contributed by atoms with E-state index in [0.29, 0.717) is 17.8 Å². The summed E-state index contributed by atoms with van der Waals surface area (Å²) in [5.74, 6) is -5.63. The van der Waals surface area contributed by atoms with Gasteiger partial charge in [0.15, 0.2) is 0 Å². The summed E-state index contributed by atoms with van der Waals surface area (Å²) in [6.07, 6.45) is 9.61. The van der Waals surface area contributed by atoms with E-state index in [1.165, 1.54) is 78.6 Å².